The highest BCUT2D eigenvalue weighted by atomic mass is 16.4. The molecule has 1 fully saturated rings. The van der Waals surface area contributed by atoms with Crippen molar-refractivity contribution in [2.24, 2.45) is 0 Å². The first-order valence-corrected chi connectivity index (χ1v) is 8.66. The van der Waals surface area contributed by atoms with E-state index in [9.17, 15) is 14.7 Å². The Morgan fingerprint density at radius 1 is 1.32 bits per heavy atom. The maximum Gasteiger partial charge on any atom is 0.335 e. The topological polar surface area (TPSA) is 75.4 Å². The Morgan fingerprint density at radius 2 is 2.12 bits per heavy atom. The molecule has 0 bridgehead atoms. The molecule has 1 saturated heterocycles. The highest BCUT2D eigenvalue weighted by Gasteiger charge is 2.27. The molecule has 1 aliphatic rings. The van der Waals surface area contributed by atoms with Gasteiger partial charge in [0.2, 0.25) is 0 Å². The van der Waals surface area contributed by atoms with Crippen LogP contribution in [-0.2, 0) is 6.54 Å². The third kappa shape index (κ3) is 3.57. The van der Waals surface area contributed by atoms with Gasteiger partial charge in [-0.25, -0.2) is 4.79 Å². The lowest BCUT2D eigenvalue weighted by Gasteiger charge is -2.33. The molecule has 0 spiro atoms. The van der Waals surface area contributed by atoms with Crippen molar-refractivity contribution in [1.29, 1.82) is 0 Å². The molecule has 1 aliphatic heterocycles. The van der Waals surface area contributed by atoms with Crippen LogP contribution in [0.15, 0.2) is 30.3 Å². The second kappa shape index (κ2) is 7.09. The quantitative estimate of drug-likeness (QED) is 0.928. The van der Waals surface area contributed by atoms with Gasteiger partial charge >= 0.3 is 5.97 Å². The van der Waals surface area contributed by atoms with Gasteiger partial charge in [-0.2, -0.15) is 5.10 Å². The van der Waals surface area contributed by atoms with Crippen LogP contribution < -0.4 is 0 Å². The smallest absolute Gasteiger partial charge is 0.335 e. The number of carboxylic acid groups (broad SMARTS) is 1. The molecule has 0 unspecified atom stereocenters. The lowest BCUT2D eigenvalue weighted by Crippen LogP contribution is -2.40. The number of carbonyl (C=O) groups excluding carboxylic acids is 1. The molecule has 3 rings (SSSR count). The Bertz CT molecular complexity index is 797. The number of aromatic carboxylic acids is 1. The van der Waals surface area contributed by atoms with E-state index in [4.69, 9.17) is 0 Å². The maximum absolute atomic E-state index is 12.9. The van der Waals surface area contributed by atoms with Crippen molar-refractivity contribution in [3.05, 3.63) is 52.8 Å². The monoisotopic (exact) mass is 341 g/mol. The predicted molar refractivity (Wildman–Crippen MR) is 93.9 cm³/mol. The first kappa shape index (κ1) is 17.2. The minimum atomic E-state index is -0.923. The molecule has 0 radical (unpaired) electrons. The van der Waals surface area contributed by atoms with Crippen molar-refractivity contribution < 1.29 is 14.7 Å². The van der Waals surface area contributed by atoms with E-state index in [2.05, 4.69) is 5.10 Å². The largest absolute Gasteiger partial charge is 0.478 e. The Hall–Kier alpha value is -2.63. The molecular weight excluding hydrogens is 318 g/mol. The van der Waals surface area contributed by atoms with Crippen LogP contribution in [0.1, 0.15) is 57.8 Å². The summed E-state index contributed by atoms with van der Waals surface area (Å²) in [5.74, 6) is -0.759. The Balaban J connectivity index is 1.80. The molecule has 1 N–H and O–H groups in total. The highest BCUT2D eigenvalue weighted by molar-refractivity contribution is 5.93. The second-order valence-corrected chi connectivity index (χ2v) is 6.51. The summed E-state index contributed by atoms with van der Waals surface area (Å²) in [6, 6.07) is 8.88. The lowest BCUT2D eigenvalue weighted by molar-refractivity contribution is 0.0682. The molecule has 6 heteroatoms. The summed E-state index contributed by atoms with van der Waals surface area (Å²) in [6.07, 6.45) is 1.87. The minimum Gasteiger partial charge on any atom is -0.478 e. The highest BCUT2D eigenvalue weighted by Crippen LogP contribution is 2.28. The van der Waals surface area contributed by atoms with Gasteiger partial charge in [0.25, 0.3) is 5.91 Å². The fourth-order valence-corrected chi connectivity index (χ4v) is 3.48. The Kier molecular flexibility index (Phi) is 4.88. The van der Waals surface area contributed by atoms with E-state index in [0.29, 0.717) is 24.3 Å². The van der Waals surface area contributed by atoms with E-state index >= 15 is 0 Å². The Labute approximate surface area is 147 Å². The summed E-state index contributed by atoms with van der Waals surface area (Å²) < 4.78 is 1.74. The number of hydrogen-bond donors (Lipinski definition) is 1. The fraction of sp³-hybridized carbons (Fsp3) is 0.421. The zero-order valence-corrected chi connectivity index (χ0v) is 14.6. The number of piperidine rings is 1. The van der Waals surface area contributed by atoms with E-state index in [1.807, 2.05) is 30.9 Å². The zero-order valence-electron chi connectivity index (χ0n) is 14.6. The minimum absolute atomic E-state index is 0.00143. The molecule has 1 amide bonds. The molecule has 0 aliphatic carbocycles. The molecule has 132 valence electrons. The molecule has 2 heterocycles. The standard InChI is InChI=1S/C19H23N3O3/c1-3-22-17(10-13(2)20-22)18(23)21-9-5-8-16(12-21)14-6-4-7-15(11-14)19(24)25/h4,6-7,10-11,16H,3,5,8-9,12H2,1-2H3,(H,24,25)/t16-/m1/s1. The van der Waals surface area contributed by atoms with E-state index in [0.717, 1.165) is 30.6 Å². The van der Waals surface area contributed by atoms with Crippen molar-refractivity contribution >= 4 is 11.9 Å². The number of benzene rings is 1. The van der Waals surface area contributed by atoms with Gasteiger partial charge in [0.05, 0.1) is 11.3 Å². The van der Waals surface area contributed by atoms with Crippen LogP contribution in [0.4, 0.5) is 0 Å². The predicted octanol–water partition coefficient (Wildman–Crippen LogP) is 2.93. The van der Waals surface area contributed by atoms with Crippen molar-refractivity contribution in [3.8, 4) is 0 Å². The van der Waals surface area contributed by atoms with Crippen LogP contribution in [-0.4, -0.2) is 44.8 Å². The number of carboxylic acids is 1. The number of aryl methyl sites for hydroxylation is 2. The van der Waals surface area contributed by atoms with E-state index in [1.54, 1.807) is 22.9 Å². The van der Waals surface area contributed by atoms with Crippen LogP contribution in [0.25, 0.3) is 0 Å². The number of hydrogen-bond acceptors (Lipinski definition) is 3. The van der Waals surface area contributed by atoms with Gasteiger partial charge in [-0.15, -0.1) is 0 Å². The molecule has 25 heavy (non-hydrogen) atoms. The molecule has 1 atom stereocenters. The van der Waals surface area contributed by atoms with Crippen molar-refractivity contribution in [2.75, 3.05) is 13.1 Å². The van der Waals surface area contributed by atoms with Gasteiger partial charge in [-0.3, -0.25) is 9.48 Å². The molecular formula is C19H23N3O3. The van der Waals surface area contributed by atoms with Crippen LogP contribution >= 0.6 is 0 Å². The van der Waals surface area contributed by atoms with Gasteiger partial charge in [0, 0.05) is 25.6 Å². The van der Waals surface area contributed by atoms with Gasteiger partial charge in [0.1, 0.15) is 5.69 Å². The molecule has 1 aromatic heterocycles. The molecule has 1 aromatic carbocycles. The van der Waals surface area contributed by atoms with Crippen LogP contribution in [0.5, 0.6) is 0 Å². The Morgan fingerprint density at radius 3 is 2.84 bits per heavy atom. The number of nitrogens with zero attached hydrogens (tertiary/aromatic N) is 3. The lowest BCUT2D eigenvalue weighted by atomic mass is 9.89. The van der Waals surface area contributed by atoms with Gasteiger partial charge in [0.15, 0.2) is 0 Å². The van der Waals surface area contributed by atoms with Crippen molar-refractivity contribution in [3.63, 3.8) is 0 Å². The third-order valence-corrected chi connectivity index (χ3v) is 4.73. The van der Waals surface area contributed by atoms with E-state index in [1.165, 1.54) is 0 Å². The number of amides is 1. The summed E-state index contributed by atoms with van der Waals surface area (Å²) in [5, 5.41) is 13.5. The third-order valence-electron chi connectivity index (χ3n) is 4.73. The summed E-state index contributed by atoms with van der Waals surface area (Å²) in [4.78, 5) is 26.0. The average molecular weight is 341 g/mol. The molecule has 6 nitrogen and oxygen atoms in total. The van der Waals surface area contributed by atoms with Gasteiger partial charge in [-0.1, -0.05) is 12.1 Å². The fourth-order valence-electron chi connectivity index (χ4n) is 3.48. The summed E-state index contributed by atoms with van der Waals surface area (Å²) in [6.45, 7) is 5.85. The van der Waals surface area contributed by atoms with Gasteiger partial charge < -0.3 is 10.0 Å². The molecule has 2 aromatic rings. The van der Waals surface area contributed by atoms with E-state index in [-0.39, 0.29) is 11.8 Å². The summed E-state index contributed by atoms with van der Waals surface area (Å²) in [7, 11) is 0. The van der Waals surface area contributed by atoms with Crippen LogP contribution in [0, 0.1) is 6.92 Å². The normalized spacial score (nSPS) is 17.5. The SMILES string of the molecule is CCn1nc(C)cc1C(=O)N1CCC[C@@H](c2cccc(C(=O)O)c2)C1. The number of likely N-dealkylation sites (tertiary alicyclic amines) is 1. The zero-order chi connectivity index (χ0) is 18.0. The summed E-state index contributed by atoms with van der Waals surface area (Å²) in [5.41, 5.74) is 2.74. The van der Waals surface area contributed by atoms with Gasteiger partial charge in [-0.05, 0) is 50.5 Å². The first-order valence-electron chi connectivity index (χ1n) is 8.66. The second-order valence-electron chi connectivity index (χ2n) is 6.51. The van der Waals surface area contributed by atoms with Crippen molar-refractivity contribution in [1.82, 2.24) is 14.7 Å². The number of aromatic nitrogens is 2. The summed E-state index contributed by atoms with van der Waals surface area (Å²) >= 11 is 0. The first-order chi connectivity index (χ1) is 12.0. The van der Waals surface area contributed by atoms with Crippen LogP contribution in [0.3, 0.4) is 0 Å². The maximum atomic E-state index is 12.9. The molecule has 0 saturated carbocycles. The number of rotatable bonds is 4. The average Bonchev–Trinajstić information content (AvgIpc) is 3.02. The van der Waals surface area contributed by atoms with Crippen LogP contribution in [0.2, 0.25) is 0 Å². The number of carbonyl (C=O) groups is 2. The van der Waals surface area contributed by atoms with Crippen molar-refractivity contribution in [2.45, 2.75) is 39.2 Å². The van der Waals surface area contributed by atoms with E-state index < -0.39 is 5.97 Å².